The minimum Gasteiger partial charge on any atom is -0.508 e. The van der Waals surface area contributed by atoms with Gasteiger partial charge in [-0.3, -0.25) is 9.97 Å². The highest BCUT2D eigenvalue weighted by Gasteiger charge is 2.10. The standard InChI is InChI=1S/C21H18N2O3/c1-25-20-8-15-12-22-11-14(18(15)10-21(20)26-2)7-16-5-3-13-4-6-17(24)9-19(13)23-16/h3-6,8-12,24H,7H2,1-2H3. The molecule has 0 bridgehead atoms. The van der Waals surface area contributed by atoms with E-state index in [1.807, 2.05) is 42.7 Å². The van der Waals surface area contributed by atoms with Gasteiger partial charge in [0.25, 0.3) is 0 Å². The fourth-order valence-electron chi connectivity index (χ4n) is 3.14. The lowest BCUT2D eigenvalue weighted by Crippen LogP contribution is -1.97. The number of phenolic OH excluding ortho intramolecular Hbond substituents is 1. The normalized spacial score (nSPS) is 11.0. The fourth-order valence-corrected chi connectivity index (χ4v) is 3.14. The van der Waals surface area contributed by atoms with E-state index in [2.05, 4.69) is 9.97 Å². The van der Waals surface area contributed by atoms with Gasteiger partial charge in [-0.15, -0.1) is 0 Å². The molecule has 0 amide bonds. The Labute approximate surface area is 150 Å². The Bertz CT molecular complexity index is 1110. The molecule has 0 saturated carbocycles. The monoisotopic (exact) mass is 346 g/mol. The van der Waals surface area contributed by atoms with Crippen LogP contribution in [0, 0.1) is 0 Å². The van der Waals surface area contributed by atoms with Crippen LogP contribution in [0.5, 0.6) is 17.2 Å². The molecule has 0 aliphatic rings. The zero-order chi connectivity index (χ0) is 18.1. The van der Waals surface area contributed by atoms with Crippen LogP contribution < -0.4 is 9.47 Å². The Hall–Kier alpha value is -3.34. The van der Waals surface area contributed by atoms with Gasteiger partial charge in [-0.05, 0) is 41.3 Å². The molecule has 0 spiro atoms. The average Bonchev–Trinajstić information content (AvgIpc) is 2.66. The number of benzene rings is 2. The van der Waals surface area contributed by atoms with Gasteiger partial charge in [0.1, 0.15) is 5.75 Å². The smallest absolute Gasteiger partial charge is 0.161 e. The Morgan fingerprint density at radius 2 is 1.65 bits per heavy atom. The van der Waals surface area contributed by atoms with Crippen molar-refractivity contribution in [2.75, 3.05) is 14.2 Å². The molecule has 0 saturated heterocycles. The maximum atomic E-state index is 9.68. The number of rotatable bonds is 4. The molecule has 1 N–H and O–H groups in total. The molecule has 0 fully saturated rings. The number of phenols is 1. The van der Waals surface area contributed by atoms with Gasteiger partial charge in [0.2, 0.25) is 0 Å². The molecule has 4 aromatic rings. The van der Waals surface area contributed by atoms with E-state index in [-0.39, 0.29) is 5.75 Å². The molecule has 5 nitrogen and oxygen atoms in total. The molecular formula is C21H18N2O3. The van der Waals surface area contributed by atoms with Gasteiger partial charge >= 0.3 is 0 Å². The van der Waals surface area contributed by atoms with Gasteiger partial charge in [-0.1, -0.05) is 6.07 Å². The van der Waals surface area contributed by atoms with E-state index < -0.39 is 0 Å². The van der Waals surface area contributed by atoms with Crippen molar-refractivity contribution in [3.05, 3.63) is 66.1 Å². The van der Waals surface area contributed by atoms with Crippen LogP contribution in [-0.4, -0.2) is 29.3 Å². The highest BCUT2D eigenvalue weighted by atomic mass is 16.5. The Kier molecular flexibility index (Phi) is 4.05. The second kappa shape index (κ2) is 6.52. The maximum absolute atomic E-state index is 9.68. The molecule has 0 aliphatic heterocycles. The summed E-state index contributed by atoms with van der Waals surface area (Å²) in [6.45, 7) is 0. The lowest BCUT2D eigenvalue weighted by Gasteiger charge is -2.12. The molecule has 0 atom stereocenters. The number of aromatic hydroxyl groups is 1. The van der Waals surface area contributed by atoms with Crippen molar-refractivity contribution < 1.29 is 14.6 Å². The van der Waals surface area contributed by atoms with Crippen molar-refractivity contribution in [2.45, 2.75) is 6.42 Å². The summed E-state index contributed by atoms with van der Waals surface area (Å²) in [6.07, 6.45) is 4.29. The van der Waals surface area contributed by atoms with Crippen LogP contribution in [0.25, 0.3) is 21.7 Å². The van der Waals surface area contributed by atoms with Crippen LogP contribution in [0.2, 0.25) is 0 Å². The Morgan fingerprint density at radius 3 is 2.46 bits per heavy atom. The molecule has 2 heterocycles. The molecule has 130 valence electrons. The second-order valence-corrected chi connectivity index (χ2v) is 6.08. The van der Waals surface area contributed by atoms with Crippen LogP contribution >= 0.6 is 0 Å². The minimum atomic E-state index is 0.214. The molecule has 2 aromatic carbocycles. The molecule has 0 radical (unpaired) electrons. The van der Waals surface area contributed by atoms with E-state index in [1.54, 1.807) is 26.4 Å². The van der Waals surface area contributed by atoms with Crippen LogP contribution in [0.1, 0.15) is 11.3 Å². The van der Waals surface area contributed by atoms with E-state index in [1.165, 1.54) is 0 Å². The quantitative estimate of drug-likeness (QED) is 0.603. The third-order valence-electron chi connectivity index (χ3n) is 4.45. The number of hydrogen-bond acceptors (Lipinski definition) is 5. The largest absolute Gasteiger partial charge is 0.508 e. The van der Waals surface area contributed by atoms with Crippen molar-refractivity contribution in [1.82, 2.24) is 9.97 Å². The predicted molar refractivity (Wildman–Crippen MR) is 101 cm³/mol. The summed E-state index contributed by atoms with van der Waals surface area (Å²) >= 11 is 0. The first-order chi connectivity index (χ1) is 12.7. The number of nitrogens with zero attached hydrogens (tertiary/aromatic N) is 2. The molecule has 2 aromatic heterocycles. The van der Waals surface area contributed by atoms with Crippen LogP contribution in [0.3, 0.4) is 0 Å². The van der Waals surface area contributed by atoms with Gasteiger partial charge < -0.3 is 14.6 Å². The lowest BCUT2D eigenvalue weighted by atomic mass is 10.0. The van der Waals surface area contributed by atoms with Gasteiger partial charge in [-0.25, -0.2) is 0 Å². The van der Waals surface area contributed by atoms with E-state index in [4.69, 9.17) is 9.47 Å². The molecule has 26 heavy (non-hydrogen) atoms. The number of hydrogen-bond donors (Lipinski definition) is 1. The van der Waals surface area contributed by atoms with Crippen molar-refractivity contribution in [3.63, 3.8) is 0 Å². The van der Waals surface area contributed by atoms with Crippen molar-refractivity contribution in [2.24, 2.45) is 0 Å². The topological polar surface area (TPSA) is 64.5 Å². The summed E-state index contributed by atoms with van der Waals surface area (Å²) in [5.74, 6) is 1.58. The number of ether oxygens (including phenoxy) is 2. The summed E-state index contributed by atoms with van der Waals surface area (Å²) in [7, 11) is 3.25. The molecule has 5 heteroatoms. The molecule has 0 unspecified atom stereocenters. The average molecular weight is 346 g/mol. The maximum Gasteiger partial charge on any atom is 0.161 e. The van der Waals surface area contributed by atoms with Crippen LogP contribution in [0.15, 0.2) is 54.9 Å². The zero-order valence-electron chi connectivity index (χ0n) is 14.6. The Morgan fingerprint density at radius 1 is 0.885 bits per heavy atom. The third-order valence-corrected chi connectivity index (χ3v) is 4.45. The van der Waals surface area contributed by atoms with Gasteiger partial charge in [0, 0.05) is 41.3 Å². The van der Waals surface area contributed by atoms with Gasteiger partial charge in [0.15, 0.2) is 11.5 Å². The van der Waals surface area contributed by atoms with Crippen molar-refractivity contribution >= 4 is 21.7 Å². The first kappa shape index (κ1) is 16.1. The number of aromatic nitrogens is 2. The highest BCUT2D eigenvalue weighted by molar-refractivity contribution is 5.88. The van der Waals surface area contributed by atoms with Crippen molar-refractivity contribution in [3.8, 4) is 17.2 Å². The van der Waals surface area contributed by atoms with E-state index in [9.17, 15) is 5.11 Å². The first-order valence-corrected chi connectivity index (χ1v) is 8.25. The zero-order valence-corrected chi connectivity index (χ0v) is 14.6. The minimum absolute atomic E-state index is 0.214. The van der Waals surface area contributed by atoms with E-state index >= 15 is 0 Å². The van der Waals surface area contributed by atoms with Gasteiger partial charge in [0.05, 0.1) is 19.7 Å². The molecular weight excluding hydrogens is 328 g/mol. The highest BCUT2D eigenvalue weighted by Crippen LogP contribution is 2.33. The number of pyridine rings is 2. The summed E-state index contributed by atoms with van der Waals surface area (Å²) in [5, 5.41) is 12.7. The fraction of sp³-hybridized carbons (Fsp3) is 0.143. The number of methoxy groups -OCH3 is 2. The first-order valence-electron chi connectivity index (χ1n) is 8.25. The summed E-state index contributed by atoms with van der Waals surface area (Å²) in [5.41, 5.74) is 2.73. The number of fused-ring (bicyclic) bond motifs is 2. The Balaban J connectivity index is 1.79. The lowest BCUT2D eigenvalue weighted by molar-refractivity contribution is 0.356. The predicted octanol–water partition coefficient (Wildman–Crippen LogP) is 4.10. The molecule has 4 rings (SSSR count). The third kappa shape index (κ3) is 2.88. The van der Waals surface area contributed by atoms with E-state index in [0.717, 1.165) is 32.9 Å². The van der Waals surface area contributed by atoms with E-state index in [0.29, 0.717) is 17.9 Å². The summed E-state index contributed by atoms with van der Waals surface area (Å²) < 4.78 is 10.8. The molecule has 0 aliphatic carbocycles. The van der Waals surface area contributed by atoms with Crippen molar-refractivity contribution in [1.29, 1.82) is 0 Å². The van der Waals surface area contributed by atoms with Crippen LogP contribution in [0.4, 0.5) is 0 Å². The SMILES string of the molecule is COc1cc2cncc(Cc3ccc4ccc(O)cc4n3)c2cc1OC. The second-order valence-electron chi connectivity index (χ2n) is 6.08. The van der Waals surface area contributed by atoms with Gasteiger partial charge in [-0.2, -0.15) is 0 Å². The van der Waals surface area contributed by atoms with Crippen LogP contribution in [-0.2, 0) is 6.42 Å². The summed E-state index contributed by atoms with van der Waals surface area (Å²) in [6, 6.07) is 13.1. The summed E-state index contributed by atoms with van der Waals surface area (Å²) in [4.78, 5) is 9.02.